The average Bonchev–Trinajstić information content (AvgIpc) is 2.13. The SMILES string of the molecule is CCC(CC)c1ncc(Br)c(=O)[nH]1. The third kappa shape index (κ3) is 2.40. The molecule has 0 unspecified atom stereocenters. The Morgan fingerprint density at radius 2 is 2.15 bits per heavy atom. The minimum absolute atomic E-state index is 0.100. The van der Waals surface area contributed by atoms with Crippen LogP contribution in [0.1, 0.15) is 38.4 Å². The molecule has 1 N–H and O–H groups in total. The fraction of sp³-hybridized carbons (Fsp3) is 0.556. The standard InChI is InChI=1S/C9H13BrN2O/c1-3-6(4-2)8-11-5-7(10)9(13)12-8/h5-6H,3-4H2,1-2H3,(H,11,12,13). The van der Waals surface area contributed by atoms with Crippen LogP contribution in [-0.4, -0.2) is 9.97 Å². The predicted molar refractivity (Wildman–Crippen MR) is 55.9 cm³/mol. The van der Waals surface area contributed by atoms with E-state index in [1.165, 1.54) is 0 Å². The molecule has 0 aliphatic carbocycles. The molecule has 0 radical (unpaired) electrons. The van der Waals surface area contributed by atoms with Crippen LogP contribution in [0.4, 0.5) is 0 Å². The van der Waals surface area contributed by atoms with E-state index in [1.807, 2.05) is 0 Å². The molecule has 0 aromatic carbocycles. The van der Waals surface area contributed by atoms with Crippen molar-refractivity contribution in [2.24, 2.45) is 0 Å². The molecular weight excluding hydrogens is 232 g/mol. The zero-order chi connectivity index (χ0) is 9.84. The summed E-state index contributed by atoms with van der Waals surface area (Å²) < 4.78 is 0.488. The number of aromatic amines is 1. The second kappa shape index (κ2) is 4.56. The number of aromatic nitrogens is 2. The van der Waals surface area contributed by atoms with Crippen LogP contribution in [0.3, 0.4) is 0 Å². The summed E-state index contributed by atoms with van der Waals surface area (Å²) in [7, 11) is 0. The summed E-state index contributed by atoms with van der Waals surface area (Å²) in [5.74, 6) is 1.15. The van der Waals surface area contributed by atoms with Gasteiger partial charge in [0.2, 0.25) is 0 Å². The van der Waals surface area contributed by atoms with Gasteiger partial charge in [-0.05, 0) is 28.8 Å². The predicted octanol–water partition coefficient (Wildman–Crippen LogP) is 2.44. The summed E-state index contributed by atoms with van der Waals surface area (Å²) >= 11 is 3.12. The van der Waals surface area contributed by atoms with Crippen LogP contribution in [0.15, 0.2) is 15.5 Å². The summed E-state index contributed by atoms with van der Waals surface area (Å²) in [5, 5.41) is 0. The normalized spacial score (nSPS) is 10.8. The number of nitrogens with one attached hydrogen (secondary N) is 1. The fourth-order valence-electron chi connectivity index (χ4n) is 1.28. The molecule has 1 aromatic heterocycles. The van der Waals surface area contributed by atoms with E-state index < -0.39 is 0 Å². The molecule has 0 atom stereocenters. The van der Waals surface area contributed by atoms with Crippen LogP contribution in [0.5, 0.6) is 0 Å². The van der Waals surface area contributed by atoms with Gasteiger partial charge >= 0.3 is 0 Å². The Kier molecular flexibility index (Phi) is 3.66. The second-order valence-electron chi connectivity index (χ2n) is 2.96. The van der Waals surface area contributed by atoms with Crippen molar-refractivity contribution in [2.45, 2.75) is 32.6 Å². The first-order valence-corrected chi connectivity index (χ1v) is 5.23. The maximum Gasteiger partial charge on any atom is 0.265 e. The quantitative estimate of drug-likeness (QED) is 0.888. The molecular formula is C9H13BrN2O. The first-order chi connectivity index (χ1) is 6.19. The molecule has 0 aliphatic heterocycles. The minimum atomic E-state index is -0.100. The molecule has 1 heterocycles. The summed E-state index contributed by atoms with van der Waals surface area (Å²) in [6.45, 7) is 4.19. The minimum Gasteiger partial charge on any atom is -0.309 e. The van der Waals surface area contributed by atoms with Crippen molar-refractivity contribution in [2.75, 3.05) is 0 Å². The third-order valence-electron chi connectivity index (χ3n) is 2.15. The molecule has 1 aromatic rings. The Balaban J connectivity index is 3.02. The van der Waals surface area contributed by atoms with Crippen LogP contribution in [0.2, 0.25) is 0 Å². The Bertz CT molecular complexity index is 331. The molecule has 72 valence electrons. The highest BCUT2D eigenvalue weighted by Gasteiger charge is 2.09. The highest BCUT2D eigenvalue weighted by molar-refractivity contribution is 9.10. The smallest absolute Gasteiger partial charge is 0.265 e. The zero-order valence-corrected chi connectivity index (χ0v) is 9.39. The third-order valence-corrected chi connectivity index (χ3v) is 2.71. The maximum atomic E-state index is 11.2. The molecule has 4 heteroatoms. The fourth-order valence-corrected chi connectivity index (χ4v) is 1.48. The van der Waals surface area contributed by atoms with Crippen molar-refractivity contribution >= 4 is 15.9 Å². The molecule has 0 aliphatic rings. The second-order valence-corrected chi connectivity index (χ2v) is 3.81. The molecule has 13 heavy (non-hydrogen) atoms. The molecule has 0 amide bonds. The number of rotatable bonds is 3. The van der Waals surface area contributed by atoms with E-state index in [0.29, 0.717) is 10.4 Å². The molecule has 0 spiro atoms. The highest BCUT2D eigenvalue weighted by atomic mass is 79.9. The van der Waals surface area contributed by atoms with E-state index in [-0.39, 0.29) is 5.56 Å². The Hall–Kier alpha value is -0.640. The van der Waals surface area contributed by atoms with Crippen molar-refractivity contribution in [1.82, 2.24) is 9.97 Å². The molecule has 1 rings (SSSR count). The Morgan fingerprint density at radius 1 is 1.54 bits per heavy atom. The van der Waals surface area contributed by atoms with Crippen LogP contribution in [-0.2, 0) is 0 Å². The monoisotopic (exact) mass is 244 g/mol. The lowest BCUT2D eigenvalue weighted by atomic mass is 10.0. The van der Waals surface area contributed by atoms with Crippen LogP contribution < -0.4 is 5.56 Å². The number of nitrogens with zero attached hydrogens (tertiary/aromatic N) is 1. The summed E-state index contributed by atoms with van der Waals surface area (Å²) in [5.41, 5.74) is -0.100. The molecule has 0 bridgehead atoms. The van der Waals surface area contributed by atoms with E-state index in [9.17, 15) is 4.79 Å². The number of hydrogen-bond acceptors (Lipinski definition) is 2. The van der Waals surface area contributed by atoms with Gasteiger partial charge in [0.15, 0.2) is 0 Å². The van der Waals surface area contributed by atoms with Gasteiger partial charge in [-0.1, -0.05) is 13.8 Å². The lowest BCUT2D eigenvalue weighted by molar-refractivity contribution is 0.598. The topological polar surface area (TPSA) is 45.8 Å². The Morgan fingerprint density at radius 3 is 2.62 bits per heavy atom. The highest BCUT2D eigenvalue weighted by Crippen LogP contribution is 2.17. The summed E-state index contributed by atoms with van der Waals surface area (Å²) in [6, 6.07) is 0. The first-order valence-electron chi connectivity index (χ1n) is 4.43. The van der Waals surface area contributed by atoms with Crippen molar-refractivity contribution in [3.05, 3.63) is 26.8 Å². The number of H-pyrrole nitrogens is 1. The van der Waals surface area contributed by atoms with E-state index in [0.717, 1.165) is 18.7 Å². The zero-order valence-electron chi connectivity index (χ0n) is 7.80. The van der Waals surface area contributed by atoms with Crippen molar-refractivity contribution in [1.29, 1.82) is 0 Å². The summed E-state index contributed by atoms with van der Waals surface area (Å²) in [6.07, 6.45) is 3.56. The van der Waals surface area contributed by atoms with Gasteiger partial charge in [0.05, 0.1) is 0 Å². The molecule has 0 fully saturated rings. The maximum absolute atomic E-state index is 11.2. The van der Waals surface area contributed by atoms with E-state index in [4.69, 9.17) is 0 Å². The number of hydrogen-bond donors (Lipinski definition) is 1. The van der Waals surface area contributed by atoms with Gasteiger partial charge in [0.25, 0.3) is 5.56 Å². The van der Waals surface area contributed by atoms with E-state index in [2.05, 4.69) is 39.7 Å². The van der Waals surface area contributed by atoms with Gasteiger partial charge in [-0.15, -0.1) is 0 Å². The lowest BCUT2D eigenvalue weighted by Crippen LogP contribution is -2.14. The van der Waals surface area contributed by atoms with Gasteiger partial charge in [-0.3, -0.25) is 4.79 Å². The summed E-state index contributed by atoms with van der Waals surface area (Å²) in [4.78, 5) is 18.2. The molecule has 0 saturated carbocycles. The van der Waals surface area contributed by atoms with Gasteiger partial charge in [-0.25, -0.2) is 4.98 Å². The van der Waals surface area contributed by atoms with Gasteiger partial charge in [0.1, 0.15) is 10.3 Å². The van der Waals surface area contributed by atoms with Gasteiger partial charge in [-0.2, -0.15) is 0 Å². The Labute approximate surface area is 85.7 Å². The largest absolute Gasteiger partial charge is 0.309 e. The van der Waals surface area contributed by atoms with Crippen LogP contribution >= 0.6 is 15.9 Å². The molecule has 3 nitrogen and oxygen atoms in total. The van der Waals surface area contributed by atoms with Crippen molar-refractivity contribution in [3.63, 3.8) is 0 Å². The average molecular weight is 245 g/mol. The number of halogens is 1. The lowest BCUT2D eigenvalue weighted by Gasteiger charge is -2.10. The van der Waals surface area contributed by atoms with Crippen LogP contribution in [0.25, 0.3) is 0 Å². The van der Waals surface area contributed by atoms with E-state index >= 15 is 0 Å². The van der Waals surface area contributed by atoms with Crippen molar-refractivity contribution < 1.29 is 0 Å². The van der Waals surface area contributed by atoms with Crippen LogP contribution in [0, 0.1) is 0 Å². The van der Waals surface area contributed by atoms with E-state index in [1.54, 1.807) is 6.20 Å². The van der Waals surface area contributed by atoms with Gasteiger partial charge in [0, 0.05) is 12.1 Å². The van der Waals surface area contributed by atoms with Crippen molar-refractivity contribution in [3.8, 4) is 0 Å². The molecule has 0 saturated heterocycles. The van der Waals surface area contributed by atoms with Gasteiger partial charge < -0.3 is 4.98 Å². The first kappa shape index (κ1) is 10.4.